The number of benzene rings is 2. The molecule has 1 aliphatic rings. The molecule has 0 saturated heterocycles. The topological polar surface area (TPSA) is 67.2 Å². The first-order valence-corrected chi connectivity index (χ1v) is 13.7. The second-order valence-corrected chi connectivity index (χ2v) is 11.7. The standard InChI is InChI=1S/C29H35FN4O2S/c1-7-19(3)31-23(35)16-33-24(36)17-37-26(20-13-9-10-14-21(20)30)25-27(29(4,5)6)32-34(28(25)33)22-15-11-8-12-18(22)2/h8-15,19,26H,7,16-17H2,1-6H3,(H,31,35)/t19-,26-/m1/s1. The van der Waals surface area contributed by atoms with E-state index < -0.39 is 10.7 Å². The zero-order chi connectivity index (χ0) is 26.9. The first-order valence-electron chi connectivity index (χ1n) is 12.7. The van der Waals surface area contributed by atoms with E-state index in [0.717, 1.165) is 28.9 Å². The van der Waals surface area contributed by atoms with Crippen molar-refractivity contribution >= 4 is 29.4 Å². The summed E-state index contributed by atoms with van der Waals surface area (Å²) in [6.07, 6.45) is 0.783. The van der Waals surface area contributed by atoms with Crippen molar-refractivity contribution in [3.63, 3.8) is 0 Å². The number of halogens is 1. The second kappa shape index (κ2) is 10.7. The highest BCUT2D eigenvalue weighted by Crippen LogP contribution is 2.49. The highest BCUT2D eigenvalue weighted by Gasteiger charge is 2.40. The molecule has 2 amide bonds. The normalized spacial score (nSPS) is 16.8. The number of amides is 2. The van der Waals surface area contributed by atoms with E-state index in [-0.39, 0.29) is 36.0 Å². The molecule has 2 atom stereocenters. The molecule has 0 unspecified atom stereocenters. The van der Waals surface area contributed by atoms with Gasteiger partial charge >= 0.3 is 0 Å². The fourth-order valence-electron chi connectivity index (χ4n) is 4.54. The van der Waals surface area contributed by atoms with Gasteiger partial charge in [0.25, 0.3) is 0 Å². The highest BCUT2D eigenvalue weighted by molar-refractivity contribution is 8.00. The number of thioether (sulfide) groups is 1. The minimum Gasteiger partial charge on any atom is -0.352 e. The maximum absolute atomic E-state index is 15.2. The third-order valence-electron chi connectivity index (χ3n) is 6.65. The van der Waals surface area contributed by atoms with Crippen LogP contribution in [0.2, 0.25) is 0 Å². The lowest BCUT2D eigenvalue weighted by atomic mass is 9.87. The number of carbonyl (C=O) groups is 2. The molecule has 4 rings (SSSR count). The smallest absolute Gasteiger partial charge is 0.240 e. The molecule has 3 aromatic rings. The number of carbonyl (C=O) groups excluding carboxylic acids is 2. The van der Waals surface area contributed by atoms with E-state index in [1.807, 2.05) is 51.1 Å². The van der Waals surface area contributed by atoms with E-state index in [2.05, 4.69) is 26.1 Å². The van der Waals surface area contributed by atoms with Gasteiger partial charge in [0.1, 0.15) is 18.2 Å². The van der Waals surface area contributed by atoms with Crippen LogP contribution >= 0.6 is 11.8 Å². The molecular formula is C29H35FN4O2S. The van der Waals surface area contributed by atoms with Gasteiger partial charge in [-0.1, -0.05) is 64.1 Å². The van der Waals surface area contributed by atoms with Crippen LogP contribution in [0, 0.1) is 12.7 Å². The number of rotatable bonds is 6. The number of hydrogen-bond donors (Lipinski definition) is 1. The van der Waals surface area contributed by atoms with Crippen molar-refractivity contribution in [1.82, 2.24) is 15.1 Å². The zero-order valence-electron chi connectivity index (χ0n) is 22.3. The summed E-state index contributed by atoms with van der Waals surface area (Å²) in [5, 5.41) is 7.58. The number of aryl methyl sites for hydroxylation is 1. The molecule has 0 aliphatic carbocycles. The Labute approximate surface area is 222 Å². The van der Waals surface area contributed by atoms with Gasteiger partial charge in [-0.25, -0.2) is 9.07 Å². The summed E-state index contributed by atoms with van der Waals surface area (Å²) < 4.78 is 17.0. The van der Waals surface area contributed by atoms with Gasteiger partial charge in [-0.2, -0.15) is 5.10 Å². The maximum Gasteiger partial charge on any atom is 0.240 e. The van der Waals surface area contributed by atoms with E-state index in [1.165, 1.54) is 22.7 Å². The molecule has 1 aliphatic heterocycles. The average molecular weight is 523 g/mol. The molecular weight excluding hydrogens is 487 g/mol. The van der Waals surface area contributed by atoms with Crippen LogP contribution in [0.15, 0.2) is 48.5 Å². The molecule has 8 heteroatoms. The second-order valence-electron chi connectivity index (χ2n) is 10.6. The molecule has 2 aromatic carbocycles. The Balaban J connectivity index is 2.02. The molecule has 0 spiro atoms. The van der Waals surface area contributed by atoms with Crippen molar-refractivity contribution in [3.8, 4) is 5.69 Å². The lowest BCUT2D eigenvalue weighted by Gasteiger charge is -2.25. The van der Waals surface area contributed by atoms with E-state index in [9.17, 15) is 9.59 Å². The quantitative estimate of drug-likeness (QED) is 0.451. The summed E-state index contributed by atoms with van der Waals surface area (Å²) >= 11 is 1.38. The van der Waals surface area contributed by atoms with Crippen LogP contribution < -0.4 is 10.2 Å². The number of fused-ring (bicyclic) bond motifs is 1. The minimum atomic E-state index is -0.463. The summed E-state index contributed by atoms with van der Waals surface area (Å²) in [7, 11) is 0. The van der Waals surface area contributed by atoms with Gasteiger partial charge in [-0.05, 0) is 38.0 Å². The first kappa shape index (κ1) is 26.9. The van der Waals surface area contributed by atoms with Crippen LogP contribution in [-0.4, -0.2) is 39.9 Å². The minimum absolute atomic E-state index is 0.0130. The van der Waals surface area contributed by atoms with Crippen molar-refractivity contribution < 1.29 is 14.0 Å². The summed E-state index contributed by atoms with van der Waals surface area (Å²) in [5.74, 6) is -0.133. The molecule has 0 saturated carbocycles. The van der Waals surface area contributed by atoms with Gasteiger partial charge in [0.15, 0.2) is 0 Å². The lowest BCUT2D eigenvalue weighted by Crippen LogP contribution is -2.44. The summed E-state index contributed by atoms with van der Waals surface area (Å²) in [4.78, 5) is 28.3. The van der Waals surface area contributed by atoms with Crippen molar-refractivity contribution in [1.29, 1.82) is 0 Å². The van der Waals surface area contributed by atoms with Crippen LogP contribution in [-0.2, 0) is 15.0 Å². The van der Waals surface area contributed by atoms with Gasteiger partial charge < -0.3 is 5.32 Å². The number of para-hydroxylation sites is 1. The molecule has 1 N–H and O–H groups in total. The largest absolute Gasteiger partial charge is 0.352 e. The van der Waals surface area contributed by atoms with Gasteiger partial charge in [-0.15, -0.1) is 11.8 Å². The van der Waals surface area contributed by atoms with Crippen LogP contribution in [0.3, 0.4) is 0 Å². The van der Waals surface area contributed by atoms with E-state index in [1.54, 1.807) is 16.8 Å². The third kappa shape index (κ3) is 5.44. The zero-order valence-corrected chi connectivity index (χ0v) is 23.2. The van der Waals surface area contributed by atoms with Gasteiger partial charge in [0, 0.05) is 22.6 Å². The first-order chi connectivity index (χ1) is 17.5. The Kier molecular flexibility index (Phi) is 7.78. The molecule has 0 radical (unpaired) electrons. The van der Waals surface area contributed by atoms with Crippen LogP contribution in [0.4, 0.5) is 10.2 Å². The Bertz CT molecular complexity index is 1310. The van der Waals surface area contributed by atoms with Gasteiger partial charge in [0.05, 0.1) is 22.4 Å². The number of anilines is 1. The van der Waals surface area contributed by atoms with Crippen molar-refractivity contribution in [2.45, 2.75) is 64.7 Å². The van der Waals surface area contributed by atoms with Crippen molar-refractivity contribution in [2.75, 3.05) is 17.2 Å². The molecule has 1 aromatic heterocycles. The van der Waals surface area contributed by atoms with Crippen molar-refractivity contribution in [2.24, 2.45) is 0 Å². The van der Waals surface area contributed by atoms with E-state index in [4.69, 9.17) is 5.10 Å². The lowest BCUT2D eigenvalue weighted by molar-refractivity contribution is -0.123. The molecule has 2 heterocycles. The number of nitrogens with zero attached hydrogens (tertiary/aromatic N) is 3. The Morgan fingerprint density at radius 3 is 2.51 bits per heavy atom. The Morgan fingerprint density at radius 1 is 1.19 bits per heavy atom. The molecule has 6 nitrogen and oxygen atoms in total. The van der Waals surface area contributed by atoms with Crippen LogP contribution in [0.5, 0.6) is 0 Å². The van der Waals surface area contributed by atoms with E-state index in [0.29, 0.717) is 11.4 Å². The van der Waals surface area contributed by atoms with Crippen molar-refractivity contribution in [3.05, 3.63) is 76.7 Å². The molecule has 196 valence electrons. The van der Waals surface area contributed by atoms with Gasteiger partial charge in [0.2, 0.25) is 11.8 Å². The van der Waals surface area contributed by atoms with E-state index >= 15 is 4.39 Å². The predicted molar refractivity (Wildman–Crippen MR) is 148 cm³/mol. The Morgan fingerprint density at radius 2 is 1.86 bits per heavy atom. The summed E-state index contributed by atoms with van der Waals surface area (Å²) in [6.45, 7) is 12.0. The monoisotopic (exact) mass is 522 g/mol. The fraction of sp³-hybridized carbons (Fsp3) is 0.414. The summed E-state index contributed by atoms with van der Waals surface area (Å²) in [6, 6.07) is 14.5. The third-order valence-corrected chi connectivity index (χ3v) is 7.89. The maximum atomic E-state index is 15.2. The highest BCUT2D eigenvalue weighted by atomic mass is 32.2. The van der Waals surface area contributed by atoms with Gasteiger partial charge in [-0.3, -0.25) is 14.5 Å². The van der Waals surface area contributed by atoms with Crippen LogP contribution in [0.1, 0.15) is 68.7 Å². The fourth-order valence-corrected chi connectivity index (χ4v) is 5.76. The van der Waals surface area contributed by atoms with Crippen LogP contribution in [0.25, 0.3) is 5.69 Å². The number of aromatic nitrogens is 2. The SMILES string of the molecule is CC[C@@H](C)NC(=O)CN1C(=O)CS[C@H](c2ccccc2F)c2c(C(C)(C)C)nn(-c3ccccc3C)c21. The predicted octanol–water partition coefficient (Wildman–Crippen LogP) is 5.70. The Hall–Kier alpha value is -3.13. The average Bonchev–Trinajstić information content (AvgIpc) is 3.18. The summed E-state index contributed by atoms with van der Waals surface area (Å²) in [5.41, 5.74) is 3.43. The number of hydrogen-bond acceptors (Lipinski definition) is 4. The number of nitrogens with one attached hydrogen (secondary N) is 1. The molecule has 0 fully saturated rings. The molecule has 0 bridgehead atoms. The molecule has 37 heavy (non-hydrogen) atoms.